The molecule has 0 saturated carbocycles. The normalized spacial score (nSPS) is 11.5. The molecule has 0 aliphatic carbocycles. The minimum atomic E-state index is -4.29. The molecule has 0 saturated heterocycles. The van der Waals surface area contributed by atoms with Crippen LogP contribution in [0.1, 0.15) is 10.4 Å². The fourth-order valence-electron chi connectivity index (χ4n) is 1.13. The van der Waals surface area contributed by atoms with Gasteiger partial charge in [0.2, 0.25) is 0 Å². The van der Waals surface area contributed by atoms with Gasteiger partial charge in [-0.3, -0.25) is 4.84 Å². The smallest absolute Gasteiger partial charge is 0.335 e. The van der Waals surface area contributed by atoms with Crippen LogP contribution in [0.25, 0.3) is 0 Å². The van der Waals surface area contributed by atoms with Crippen molar-refractivity contribution < 1.29 is 32.3 Å². The molecule has 0 aliphatic heterocycles. The van der Waals surface area contributed by atoms with E-state index in [1.54, 1.807) is 4.89 Å². The molecule has 106 valence electrons. The molecule has 0 aromatic heterocycles. The van der Waals surface area contributed by atoms with Crippen LogP contribution in [0.3, 0.4) is 0 Å². The Morgan fingerprint density at radius 2 is 2.11 bits per heavy atom. The van der Waals surface area contributed by atoms with Crippen molar-refractivity contribution in [1.29, 1.82) is 0 Å². The Hall–Kier alpha value is -1.55. The molecule has 0 aliphatic rings. The van der Waals surface area contributed by atoms with E-state index in [2.05, 4.69) is 9.57 Å². The molecule has 0 amide bonds. The molecule has 0 spiro atoms. The van der Waals surface area contributed by atoms with Gasteiger partial charge < -0.3 is 9.84 Å². The van der Waals surface area contributed by atoms with E-state index in [1.165, 1.54) is 7.11 Å². The lowest BCUT2D eigenvalue weighted by atomic mass is 10.2. The number of hydrogen-bond donors (Lipinski definition) is 2. The van der Waals surface area contributed by atoms with Gasteiger partial charge in [0, 0.05) is 7.11 Å². The number of benzene rings is 1. The Morgan fingerprint density at radius 3 is 2.68 bits per heavy atom. The zero-order valence-electron chi connectivity index (χ0n) is 9.92. The van der Waals surface area contributed by atoms with Crippen molar-refractivity contribution >= 4 is 16.0 Å². The van der Waals surface area contributed by atoms with Gasteiger partial charge in [0.1, 0.15) is 10.7 Å². The van der Waals surface area contributed by atoms with Crippen molar-refractivity contribution in [3.8, 4) is 0 Å². The average Bonchev–Trinajstić information content (AvgIpc) is 2.34. The number of ether oxygens (including phenoxy) is 1. The molecule has 0 bridgehead atoms. The minimum absolute atomic E-state index is 0.0734. The third-order valence-electron chi connectivity index (χ3n) is 2.03. The maximum atomic E-state index is 13.4. The van der Waals surface area contributed by atoms with E-state index in [0.717, 1.165) is 12.1 Å². The van der Waals surface area contributed by atoms with E-state index in [0.29, 0.717) is 6.07 Å². The van der Waals surface area contributed by atoms with Crippen molar-refractivity contribution in [2.45, 2.75) is 4.90 Å². The molecule has 19 heavy (non-hydrogen) atoms. The summed E-state index contributed by atoms with van der Waals surface area (Å²) in [5.74, 6) is -2.44. The van der Waals surface area contributed by atoms with Crippen LogP contribution in [0.4, 0.5) is 4.39 Å². The van der Waals surface area contributed by atoms with Gasteiger partial charge in [-0.2, -0.15) is 0 Å². The van der Waals surface area contributed by atoms with Gasteiger partial charge in [-0.05, 0) is 18.2 Å². The van der Waals surface area contributed by atoms with Gasteiger partial charge in [0.25, 0.3) is 10.0 Å². The molecule has 9 heteroatoms. The Labute approximate surface area is 109 Å². The highest BCUT2D eigenvalue weighted by atomic mass is 32.2. The second kappa shape index (κ2) is 6.57. The monoisotopic (exact) mass is 293 g/mol. The fraction of sp³-hybridized carbons (Fsp3) is 0.300. The van der Waals surface area contributed by atoms with E-state index in [1.807, 2.05) is 0 Å². The summed E-state index contributed by atoms with van der Waals surface area (Å²) < 4.78 is 41.4. The third kappa shape index (κ3) is 4.24. The van der Waals surface area contributed by atoms with E-state index in [9.17, 15) is 17.6 Å². The third-order valence-corrected chi connectivity index (χ3v) is 3.25. The van der Waals surface area contributed by atoms with Crippen LogP contribution in [0.2, 0.25) is 0 Å². The Balaban J connectivity index is 2.94. The Morgan fingerprint density at radius 1 is 1.42 bits per heavy atom. The summed E-state index contributed by atoms with van der Waals surface area (Å²) >= 11 is 0. The largest absolute Gasteiger partial charge is 0.478 e. The highest BCUT2D eigenvalue weighted by Crippen LogP contribution is 2.16. The maximum absolute atomic E-state index is 13.4. The average molecular weight is 293 g/mol. The number of rotatable bonds is 7. The van der Waals surface area contributed by atoms with Crippen LogP contribution in [0.5, 0.6) is 0 Å². The number of aromatic carboxylic acids is 1. The first kappa shape index (κ1) is 15.5. The number of halogens is 1. The molecule has 0 unspecified atom stereocenters. The van der Waals surface area contributed by atoms with Crippen LogP contribution >= 0.6 is 0 Å². The summed E-state index contributed by atoms with van der Waals surface area (Å²) in [6.45, 7) is 0.0656. The van der Waals surface area contributed by atoms with Gasteiger partial charge in [-0.15, -0.1) is 0 Å². The van der Waals surface area contributed by atoms with Gasteiger partial charge in [-0.25, -0.2) is 17.6 Å². The quantitative estimate of drug-likeness (QED) is 0.556. The highest BCUT2D eigenvalue weighted by molar-refractivity contribution is 7.89. The summed E-state index contributed by atoms with van der Waals surface area (Å²) in [4.78, 5) is 16.2. The first-order valence-electron chi connectivity index (χ1n) is 5.04. The van der Waals surface area contributed by atoms with Crippen LogP contribution in [-0.4, -0.2) is 39.8 Å². The Bertz CT molecular complexity index is 559. The van der Waals surface area contributed by atoms with Crippen LogP contribution in [-0.2, 0) is 19.6 Å². The fourth-order valence-corrected chi connectivity index (χ4v) is 2.07. The Kier molecular flexibility index (Phi) is 5.36. The van der Waals surface area contributed by atoms with Crippen molar-refractivity contribution in [2.75, 3.05) is 20.3 Å². The topological polar surface area (TPSA) is 102 Å². The molecular weight excluding hydrogens is 281 g/mol. The van der Waals surface area contributed by atoms with E-state index in [4.69, 9.17) is 5.11 Å². The molecule has 7 nitrogen and oxygen atoms in total. The molecule has 1 rings (SSSR count). The molecule has 2 N–H and O–H groups in total. The first-order chi connectivity index (χ1) is 8.88. The lowest BCUT2D eigenvalue weighted by Gasteiger charge is -2.08. The van der Waals surface area contributed by atoms with Crippen molar-refractivity contribution in [1.82, 2.24) is 4.89 Å². The summed E-state index contributed by atoms with van der Waals surface area (Å²) in [6, 6.07) is 2.43. The molecule has 0 atom stereocenters. The molecule has 1 aromatic rings. The van der Waals surface area contributed by atoms with E-state index >= 15 is 0 Å². The van der Waals surface area contributed by atoms with Gasteiger partial charge >= 0.3 is 5.97 Å². The predicted molar refractivity (Wildman–Crippen MR) is 61.5 cm³/mol. The number of nitrogens with one attached hydrogen (secondary N) is 1. The van der Waals surface area contributed by atoms with Crippen LogP contribution in [0, 0.1) is 5.82 Å². The number of carboxylic acid groups (broad SMARTS) is 1. The molecule has 0 heterocycles. The molecular formula is C10H12FNO6S. The standard InChI is InChI=1S/C10H12FNO6S/c1-17-4-5-18-12-19(15,16)9-6-7(10(13)14)2-3-8(9)11/h2-3,6,12H,4-5H2,1H3,(H,13,14). The second-order valence-corrected chi connectivity index (χ2v) is 4.99. The molecule has 1 aromatic carbocycles. The molecule has 0 radical (unpaired) electrons. The van der Waals surface area contributed by atoms with Gasteiger partial charge in [0.05, 0.1) is 18.8 Å². The van der Waals surface area contributed by atoms with Crippen LogP contribution in [0.15, 0.2) is 23.1 Å². The van der Waals surface area contributed by atoms with E-state index in [-0.39, 0.29) is 18.8 Å². The minimum Gasteiger partial charge on any atom is -0.478 e. The summed E-state index contributed by atoms with van der Waals surface area (Å²) in [5, 5.41) is 8.73. The van der Waals surface area contributed by atoms with Gasteiger partial charge in [-0.1, -0.05) is 4.89 Å². The molecule has 0 fully saturated rings. The maximum Gasteiger partial charge on any atom is 0.335 e. The van der Waals surface area contributed by atoms with Gasteiger partial charge in [0.15, 0.2) is 0 Å². The first-order valence-corrected chi connectivity index (χ1v) is 6.52. The predicted octanol–water partition coefficient (Wildman–Crippen LogP) is 0.380. The summed E-state index contributed by atoms with van der Waals surface area (Å²) in [5.41, 5.74) is -0.348. The zero-order valence-corrected chi connectivity index (χ0v) is 10.7. The summed E-state index contributed by atoms with van der Waals surface area (Å²) in [6.07, 6.45) is 0. The summed E-state index contributed by atoms with van der Waals surface area (Å²) in [7, 11) is -2.90. The highest BCUT2D eigenvalue weighted by Gasteiger charge is 2.21. The van der Waals surface area contributed by atoms with Crippen molar-refractivity contribution in [3.05, 3.63) is 29.6 Å². The number of methoxy groups -OCH3 is 1. The zero-order chi connectivity index (χ0) is 14.5. The van der Waals surface area contributed by atoms with Crippen LogP contribution < -0.4 is 4.89 Å². The van der Waals surface area contributed by atoms with Crippen molar-refractivity contribution in [3.63, 3.8) is 0 Å². The van der Waals surface area contributed by atoms with E-state index < -0.39 is 26.7 Å². The number of sulfonamides is 1. The number of carboxylic acids is 1. The number of carbonyl (C=O) groups is 1. The van der Waals surface area contributed by atoms with Crippen molar-refractivity contribution in [2.24, 2.45) is 0 Å². The second-order valence-electron chi connectivity index (χ2n) is 3.38. The lowest BCUT2D eigenvalue weighted by Crippen LogP contribution is -2.26. The lowest BCUT2D eigenvalue weighted by molar-refractivity contribution is 0.0437. The number of hydrogen-bond acceptors (Lipinski definition) is 5. The SMILES string of the molecule is COCCONS(=O)(=O)c1cc(C(=O)O)ccc1F.